The van der Waals surface area contributed by atoms with Crippen LogP contribution in [0.3, 0.4) is 0 Å². The minimum Gasteiger partial charge on any atom is -0.492 e. The van der Waals surface area contributed by atoms with Crippen LogP contribution in [0.1, 0.15) is 41.5 Å². The van der Waals surface area contributed by atoms with Crippen LogP contribution in [0.5, 0.6) is 0 Å². The zero-order valence-corrected chi connectivity index (χ0v) is 22.3. The van der Waals surface area contributed by atoms with E-state index in [9.17, 15) is 28.8 Å². The summed E-state index contributed by atoms with van der Waals surface area (Å²) in [6.07, 6.45) is -7.97. The van der Waals surface area contributed by atoms with Crippen molar-refractivity contribution in [2.75, 3.05) is 13.2 Å². The first-order chi connectivity index (χ1) is 18.3. The summed E-state index contributed by atoms with van der Waals surface area (Å²) < 4.78 is 49.0. The van der Waals surface area contributed by atoms with Crippen LogP contribution < -0.4 is 0 Å². The molecule has 2 heterocycles. The summed E-state index contributed by atoms with van der Waals surface area (Å²) in [5.74, 6) is -4.43. The van der Waals surface area contributed by atoms with Gasteiger partial charge in [0.25, 0.3) is 0 Å². The predicted octanol–water partition coefficient (Wildman–Crippen LogP) is -0.138. The second kappa shape index (κ2) is 14.4. The molecule has 2 aliphatic rings. The van der Waals surface area contributed by atoms with Gasteiger partial charge in [0.15, 0.2) is 36.8 Å². The molecular formula is C24H32O15. The van der Waals surface area contributed by atoms with Crippen molar-refractivity contribution in [1.82, 2.24) is 0 Å². The van der Waals surface area contributed by atoms with Crippen molar-refractivity contribution < 1.29 is 71.4 Å². The Morgan fingerprint density at radius 3 is 1.59 bits per heavy atom. The molecule has 0 N–H and O–H groups in total. The van der Waals surface area contributed by atoms with E-state index in [0.29, 0.717) is 0 Å². The van der Waals surface area contributed by atoms with Crippen molar-refractivity contribution in [2.24, 2.45) is 0 Å². The molecule has 0 aromatic heterocycles. The van der Waals surface area contributed by atoms with Gasteiger partial charge in [0, 0.05) is 41.5 Å². The van der Waals surface area contributed by atoms with E-state index in [0.717, 1.165) is 34.6 Å². The Balaban J connectivity index is 2.52. The third kappa shape index (κ3) is 9.83. The van der Waals surface area contributed by atoms with E-state index < -0.39 is 91.4 Å². The average molecular weight is 561 g/mol. The van der Waals surface area contributed by atoms with Crippen LogP contribution >= 0.6 is 0 Å². The van der Waals surface area contributed by atoms with Crippen LogP contribution in [0.2, 0.25) is 0 Å². The van der Waals surface area contributed by atoms with Crippen LogP contribution in [0.15, 0.2) is 12.3 Å². The van der Waals surface area contributed by atoms with Gasteiger partial charge in [0.2, 0.25) is 0 Å². The summed E-state index contributed by atoms with van der Waals surface area (Å²) in [5, 5.41) is 0. The predicted molar refractivity (Wildman–Crippen MR) is 123 cm³/mol. The van der Waals surface area contributed by atoms with Gasteiger partial charge in [0.05, 0.1) is 6.26 Å². The van der Waals surface area contributed by atoms with Gasteiger partial charge in [-0.05, 0) is 6.08 Å². The average Bonchev–Trinajstić information content (AvgIpc) is 2.80. The fourth-order valence-electron chi connectivity index (χ4n) is 3.87. The Morgan fingerprint density at radius 2 is 1.08 bits per heavy atom. The lowest BCUT2D eigenvalue weighted by molar-refractivity contribution is -0.328. The van der Waals surface area contributed by atoms with E-state index in [1.54, 1.807) is 0 Å². The van der Waals surface area contributed by atoms with E-state index in [2.05, 4.69) is 0 Å². The molecule has 8 atom stereocenters. The molecule has 15 heteroatoms. The first-order valence-corrected chi connectivity index (χ1v) is 11.9. The summed E-state index contributed by atoms with van der Waals surface area (Å²) in [6.45, 7) is 5.92. The summed E-state index contributed by atoms with van der Waals surface area (Å²) in [7, 11) is 0. The topological polar surface area (TPSA) is 185 Å². The SMILES string of the molecule is CC(=O)OC[C@H]1O[C@@H](O[C@H]2[C@H](OC(C)=O)C=CO[C@@H]2COC(C)=O)[C@H](OC(C)=O)[C@@H](OC(C)=O)[C@H]1OC(C)=O. The number of hydrogen-bond donors (Lipinski definition) is 0. The Hall–Kier alpha value is -3.72. The fraction of sp³-hybridized carbons (Fsp3) is 0.667. The number of carbonyl (C=O) groups excluding carboxylic acids is 6. The second-order valence-corrected chi connectivity index (χ2v) is 8.55. The van der Waals surface area contributed by atoms with Crippen LogP contribution in [-0.2, 0) is 71.4 Å². The van der Waals surface area contributed by atoms with Crippen molar-refractivity contribution in [3.63, 3.8) is 0 Å². The lowest BCUT2D eigenvalue weighted by Crippen LogP contribution is -2.64. The van der Waals surface area contributed by atoms with Crippen molar-refractivity contribution in [3.8, 4) is 0 Å². The molecule has 2 aliphatic heterocycles. The maximum absolute atomic E-state index is 12.0. The number of hydrogen-bond acceptors (Lipinski definition) is 15. The molecule has 0 unspecified atom stereocenters. The molecule has 2 rings (SSSR count). The van der Waals surface area contributed by atoms with Gasteiger partial charge in [-0.2, -0.15) is 0 Å². The van der Waals surface area contributed by atoms with Crippen molar-refractivity contribution in [1.29, 1.82) is 0 Å². The van der Waals surface area contributed by atoms with Gasteiger partial charge >= 0.3 is 35.8 Å². The van der Waals surface area contributed by atoms with Crippen LogP contribution in [0, 0.1) is 0 Å². The molecule has 1 fully saturated rings. The van der Waals surface area contributed by atoms with E-state index >= 15 is 0 Å². The summed E-state index contributed by atoms with van der Waals surface area (Å²) >= 11 is 0. The number of rotatable bonds is 10. The Kier molecular flexibility index (Phi) is 11.7. The van der Waals surface area contributed by atoms with E-state index in [4.69, 9.17) is 42.6 Å². The standard InChI is InChI=1S/C24H32O15/c1-11(25)32-9-18-20(17(7-8-31-18)34-13(3)27)39-24-23(37-16(6)30)22(36-15(5)29)21(35-14(4)28)19(38-24)10-33-12(2)26/h7-8,17-24H,9-10H2,1-6H3/t17-,18-,19-,20+,21+,22+,23-,24+/m1/s1. The molecule has 0 amide bonds. The maximum atomic E-state index is 12.0. The van der Waals surface area contributed by atoms with Gasteiger partial charge in [-0.1, -0.05) is 0 Å². The second-order valence-electron chi connectivity index (χ2n) is 8.55. The maximum Gasteiger partial charge on any atom is 0.303 e. The number of carbonyl (C=O) groups is 6. The van der Waals surface area contributed by atoms with Gasteiger partial charge in [0.1, 0.15) is 25.4 Å². The summed E-state index contributed by atoms with van der Waals surface area (Å²) in [6, 6.07) is 0. The normalized spacial score (nSPS) is 29.7. The first kappa shape index (κ1) is 31.5. The monoisotopic (exact) mass is 560 g/mol. The van der Waals surface area contributed by atoms with E-state index in [1.165, 1.54) is 19.3 Å². The highest BCUT2D eigenvalue weighted by molar-refractivity contribution is 5.69. The minimum absolute atomic E-state index is 0.326. The molecule has 0 aromatic carbocycles. The Morgan fingerprint density at radius 1 is 0.590 bits per heavy atom. The molecule has 0 spiro atoms. The van der Waals surface area contributed by atoms with Crippen LogP contribution in [0.4, 0.5) is 0 Å². The quantitative estimate of drug-likeness (QED) is 0.254. The smallest absolute Gasteiger partial charge is 0.303 e. The zero-order valence-electron chi connectivity index (χ0n) is 22.3. The highest BCUT2D eigenvalue weighted by Crippen LogP contribution is 2.32. The van der Waals surface area contributed by atoms with Crippen molar-refractivity contribution in [3.05, 3.63) is 12.3 Å². The van der Waals surface area contributed by atoms with Gasteiger partial charge in [-0.15, -0.1) is 0 Å². The van der Waals surface area contributed by atoms with E-state index in [-0.39, 0.29) is 6.61 Å². The lowest BCUT2D eigenvalue weighted by Gasteiger charge is -2.46. The largest absolute Gasteiger partial charge is 0.492 e. The summed E-state index contributed by atoms with van der Waals surface area (Å²) in [5.41, 5.74) is 0. The third-order valence-corrected chi connectivity index (χ3v) is 5.20. The highest BCUT2D eigenvalue weighted by Gasteiger charge is 2.54. The number of esters is 6. The van der Waals surface area contributed by atoms with E-state index in [1.807, 2.05) is 0 Å². The van der Waals surface area contributed by atoms with Gasteiger partial charge < -0.3 is 42.6 Å². The Bertz CT molecular complexity index is 959. The summed E-state index contributed by atoms with van der Waals surface area (Å²) in [4.78, 5) is 70.6. The Labute approximate surface area is 223 Å². The van der Waals surface area contributed by atoms with Gasteiger partial charge in [-0.25, -0.2) is 0 Å². The molecule has 0 aliphatic carbocycles. The molecule has 0 aromatic rings. The first-order valence-electron chi connectivity index (χ1n) is 11.9. The van der Waals surface area contributed by atoms with Crippen molar-refractivity contribution >= 4 is 35.8 Å². The molecule has 0 bridgehead atoms. The minimum atomic E-state index is -1.58. The molecule has 0 saturated carbocycles. The lowest BCUT2D eigenvalue weighted by atomic mass is 9.97. The molecule has 39 heavy (non-hydrogen) atoms. The molecule has 0 radical (unpaired) electrons. The van der Waals surface area contributed by atoms with Crippen molar-refractivity contribution in [2.45, 2.75) is 90.6 Å². The molecular weight excluding hydrogens is 528 g/mol. The highest BCUT2D eigenvalue weighted by atomic mass is 16.7. The molecule has 15 nitrogen and oxygen atoms in total. The van der Waals surface area contributed by atoms with Gasteiger partial charge in [-0.3, -0.25) is 28.8 Å². The zero-order chi connectivity index (χ0) is 29.3. The molecule has 218 valence electrons. The number of ether oxygens (including phenoxy) is 9. The van der Waals surface area contributed by atoms with Crippen LogP contribution in [0.25, 0.3) is 0 Å². The van der Waals surface area contributed by atoms with Crippen LogP contribution in [-0.4, -0.2) is 98.0 Å². The molecule has 1 saturated heterocycles. The fourth-order valence-corrected chi connectivity index (χ4v) is 3.87. The third-order valence-electron chi connectivity index (χ3n) is 5.20.